The monoisotopic (exact) mass is 289 g/mol. The molecular weight excluding hydrogens is 276 g/mol. The zero-order chi connectivity index (χ0) is 12.3. The van der Waals surface area contributed by atoms with Crippen LogP contribution in [0.2, 0.25) is 5.02 Å². The first-order valence-corrected chi connectivity index (χ1v) is 5.34. The largest absolute Gasteiger partial charge is 1.00 e. The van der Waals surface area contributed by atoms with E-state index in [-0.39, 0.29) is 57.4 Å². The molecule has 7 heteroatoms. The van der Waals surface area contributed by atoms with Gasteiger partial charge in [-0.05, 0) is 32.0 Å². The van der Waals surface area contributed by atoms with Crippen LogP contribution in [0.3, 0.4) is 0 Å². The Morgan fingerprint density at radius 2 is 1.82 bits per heavy atom. The number of nitrogens with zero attached hydrogens (tertiary/aromatic N) is 1. The molecule has 0 spiro atoms. The fraction of sp³-hybridized carbons (Fsp3) is 0.400. The number of rotatable bonds is 4. The van der Waals surface area contributed by atoms with Crippen molar-refractivity contribution >= 4 is 18.6 Å². The van der Waals surface area contributed by atoms with Gasteiger partial charge in [-0.2, -0.15) is 0 Å². The molecule has 1 aromatic carbocycles. The topological polar surface area (TPSA) is 3.24 Å². The van der Waals surface area contributed by atoms with Crippen LogP contribution in [0.25, 0.3) is 0 Å². The van der Waals surface area contributed by atoms with E-state index in [1.807, 2.05) is 0 Å². The fourth-order valence-corrected chi connectivity index (χ4v) is 1.83. The van der Waals surface area contributed by atoms with Crippen LogP contribution < -0.4 is 51.4 Å². The molecule has 0 aliphatic heterocycles. The smallest absolute Gasteiger partial charge is 0.448 e. The summed E-state index contributed by atoms with van der Waals surface area (Å²) >= 11 is 5.93. The van der Waals surface area contributed by atoms with Crippen LogP contribution in [0.15, 0.2) is 24.3 Å². The van der Waals surface area contributed by atoms with Crippen molar-refractivity contribution < 1.29 is 64.3 Å². The van der Waals surface area contributed by atoms with E-state index < -0.39 is 13.4 Å². The molecule has 0 fully saturated rings. The van der Waals surface area contributed by atoms with Crippen molar-refractivity contribution in [1.29, 1.82) is 0 Å². The zero-order valence-corrected chi connectivity index (χ0v) is 14.0. The third kappa shape index (κ3) is 6.09. The van der Waals surface area contributed by atoms with Crippen molar-refractivity contribution in [1.82, 2.24) is 4.90 Å². The molecule has 0 saturated carbocycles. The van der Waals surface area contributed by atoms with E-state index in [0.717, 1.165) is 0 Å². The molecule has 1 unspecified atom stereocenters. The van der Waals surface area contributed by atoms with Crippen LogP contribution in [-0.2, 0) is 0 Å². The van der Waals surface area contributed by atoms with E-state index in [4.69, 9.17) is 11.6 Å². The molecule has 1 atom stereocenters. The summed E-state index contributed by atoms with van der Waals surface area (Å²) < 4.78 is 36.8. The summed E-state index contributed by atoms with van der Waals surface area (Å²) in [7, 11) is 1.45. The molecule has 0 aliphatic rings. The van der Waals surface area contributed by atoms with Gasteiger partial charge in [0, 0.05) is 11.1 Å². The molecule has 0 aliphatic carbocycles. The summed E-state index contributed by atoms with van der Waals surface area (Å²) in [4.78, 5) is 1.25. The molecule has 0 N–H and O–H groups in total. The van der Waals surface area contributed by atoms with Crippen molar-refractivity contribution in [3.05, 3.63) is 34.9 Å². The second-order valence-corrected chi connectivity index (χ2v) is 4.25. The average Bonchev–Trinajstić information content (AvgIpc) is 2.15. The maximum atomic E-state index is 12.3. The van der Waals surface area contributed by atoms with E-state index in [9.17, 15) is 12.9 Å². The van der Waals surface area contributed by atoms with Gasteiger partial charge in [0.15, 0.2) is 0 Å². The molecule has 1 nitrogen and oxygen atoms in total. The standard InChI is InChI=1S/C10H13BClF3N.K/c1-8(16(2)7-11(13,14)15)9-5-3-4-6-10(9)12;/h3-6,8H,7H2,1-2H3;/q-1;+1. The van der Waals surface area contributed by atoms with Gasteiger partial charge < -0.3 is 17.8 Å². The second-order valence-electron chi connectivity index (χ2n) is 3.85. The van der Waals surface area contributed by atoms with Gasteiger partial charge in [0.05, 0.1) is 0 Å². The summed E-state index contributed by atoms with van der Waals surface area (Å²) in [6.07, 6.45) is -0.883. The predicted octanol–water partition coefficient (Wildman–Crippen LogP) is 0.723. The normalized spacial score (nSPS) is 13.4. The van der Waals surface area contributed by atoms with Crippen molar-refractivity contribution in [2.45, 2.75) is 13.0 Å². The van der Waals surface area contributed by atoms with Crippen LogP contribution >= 0.6 is 11.6 Å². The third-order valence-corrected chi connectivity index (χ3v) is 2.86. The number of hydrogen-bond acceptors (Lipinski definition) is 1. The van der Waals surface area contributed by atoms with E-state index in [2.05, 4.69) is 0 Å². The second kappa shape index (κ2) is 7.53. The Hall–Kier alpha value is 0.961. The molecule has 0 amide bonds. The summed E-state index contributed by atoms with van der Waals surface area (Å²) in [5.74, 6) is 0. The van der Waals surface area contributed by atoms with Crippen LogP contribution in [0.4, 0.5) is 12.9 Å². The van der Waals surface area contributed by atoms with Gasteiger partial charge in [-0.3, -0.25) is 0 Å². The van der Waals surface area contributed by atoms with Gasteiger partial charge in [-0.15, -0.1) is 0 Å². The molecule has 0 bridgehead atoms. The van der Waals surface area contributed by atoms with E-state index in [0.29, 0.717) is 10.6 Å². The summed E-state index contributed by atoms with van der Waals surface area (Å²) in [5, 5.41) is 0.497. The third-order valence-electron chi connectivity index (χ3n) is 2.51. The summed E-state index contributed by atoms with van der Waals surface area (Å²) in [6, 6.07) is 6.60. The number of benzene rings is 1. The van der Waals surface area contributed by atoms with Crippen molar-refractivity contribution in [3.8, 4) is 0 Å². The number of halogens is 4. The van der Waals surface area contributed by atoms with Gasteiger partial charge in [-0.1, -0.05) is 29.8 Å². The molecule has 0 heterocycles. The quantitative estimate of drug-likeness (QED) is 0.739. The van der Waals surface area contributed by atoms with Crippen molar-refractivity contribution in [3.63, 3.8) is 0 Å². The van der Waals surface area contributed by atoms with E-state index in [1.54, 1.807) is 31.2 Å². The molecule has 0 aromatic heterocycles. The van der Waals surface area contributed by atoms with Crippen LogP contribution in [0.1, 0.15) is 18.5 Å². The first-order chi connectivity index (χ1) is 7.31. The Balaban J connectivity index is 0.00000256. The minimum atomic E-state index is -4.80. The van der Waals surface area contributed by atoms with Gasteiger partial charge in [0.25, 0.3) is 0 Å². The van der Waals surface area contributed by atoms with Gasteiger partial charge in [0.1, 0.15) is 0 Å². The minimum absolute atomic E-state index is 0. The average molecular weight is 290 g/mol. The molecule has 1 rings (SSSR count). The Bertz CT molecular complexity index is 362. The van der Waals surface area contributed by atoms with Gasteiger partial charge in [-0.25, -0.2) is 0 Å². The summed E-state index contributed by atoms with van der Waals surface area (Å²) in [6.45, 7) is -3.09. The van der Waals surface area contributed by atoms with Crippen molar-refractivity contribution in [2.75, 3.05) is 13.5 Å². The van der Waals surface area contributed by atoms with Gasteiger partial charge in [0.2, 0.25) is 0 Å². The first-order valence-electron chi connectivity index (χ1n) is 4.97. The molecule has 0 saturated heterocycles. The van der Waals surface area contributed by atoms with Crippen LogP contribution in [0, 0.1) is 0 Å². The summed E-state index contributed by atoms with van der Waals surface area (Å²) in [5.41, 5.74) is 0.715. The molecule has 90 valence electrons. The van der Waals surface area contributed by atoms with Gasteiger partial charge >= 0.3 is 58.4 Å². The Kier molecular flexibility index (Phi) is 7.95. The zero-order valence-electron chi connectivity index (χ0n) is 10.1. The van der Waals surface area contributed by atoms with Crippen molar-refractivity contribution in [2.24, 2.45) is 0 Å². The molecule has 17 heavy (non-hydrogen) atoms. The van der Waals surface area contributed by atoms with E-state index in [1.165, 1.54) is 11.9 Å². The van der Waals surface area contributed by atoms with Crippen LogP contribution in [0.5, 0.6) is 0 Å². The first kappa shape index (κ1) is 18.0. The predicted molar refractivity (Wildman–Crippen MR) is 61.6 cm³/mol. The molecule has 1 aromatic rings. The molecule has 0 radical (unpaired) electrons. The Morgan fingerprint density at radius 1 is 1.29 bits per heavy atom. The maximum absolute atomic E-state index is 12.3. The Morgan fingerprint density at radius 3 is 2.29 bits per heavy atom. The maximum Gasteiger partial charge on any atom is 1.00 e. The fourth-order valence-electron chi connectivity index (χ4n) is 1.54. The Labute approximate surface area is 147 Å². The van der Waals surface area contributed by atoms with Crippen LogP contribution in [-0.4, -0.2) is 25.4 Å². The molecular formula is C10H13BClF3KN. The number of hydrogen-bond donors (Lipinski definition) is 0. The SMILES string of the molecule is CC(c1ccccc1Cl)N(C)C[B-](F)(F)F.[K+]. The minimum Gasteiger partial charge on any atom is -0.448 e. The van der Waals surface area contributed by atoms with E-state index >= 15 is 0 Å².